The minimum Gasteiger partial charge on any atom is -0.444 e. The molecule has 1 aliphatic heterocycles. The van der Waals surface area contributed by atoms with Crippen molar-refractivity contribution >= 4 is 40.6 Å². The van der Waals surface area contributed by atoms with E-state index in [0.717, 1.165) is 12.0 Å². The summed E-state index contributed by atoms with van der Waals surface area (Å²) < 4.78 is 5.24. The van der Waals surface area contributed by atoms with E-state index in [1.807, 2.05) is 11.8 Å². The van der Waals surface area contributed by atoms with Crippen molar-refractivity contribution < 1.29 is 19.1 Å². The van der Waals surface area contributed by atoms with Crippen LogP contribution in [0.2, 0.25) is 0 Å². The molecule has 0 unspecified atom stereocenters. The highest BCUT2D eigenvalue weighted by Crippen LogP contribution is 2.27. The monoisotopic (exact) mass is 491 g/mol. The second-order valence-electron chi connectivity index (χ2n) is 9.48. The van der Waals surface area contributed by atoms with Gasteiger partial charge in [0.15, 0.2) is 0 Å². The Morgan fingerprint density at radius 2 is 1.74 bits per heavy atom. The molecule has 0 fully saturated rings. The molecule has 0 saturated carbocycles. The molecule has 0 bridgehead atoms. The number of nitrogens with one attached hydrogen (secondary N) is 2. The van der Waals surface area contributed by atoms with Gasteiger partial charge in [0.25, 0.3) is 11.8 Å². The minimum atomic E-state index is -0.599. The van der Waals surface area contributed by atoms with Crippen LogP contribution in [0.15, 0.2) is 53.9 Å². The molecule has 0 aliphatic carbocycles. The number of carbonyl (C=O) groups excluding carboxylic acids is 3. The third-order valence-corrected chi connectivity index (χ3v) is 6.72. The summed E-state index contributed by atoms with van der Waals surface area (Å²) in [5, 5.41) is 7.62. The summed E-state index contributed by atoms with van der Waals surface area (Å²) in [7, 11) is 0. The number of nitrogens with zero attached hydrogens (tertiary/aromatic N) is 1. The minimum absolute atomic E-state index is 0.0342. The zero-order valence-corrected chi connectivity index (χ0v) is 21.1. The second kappa shape index (κ2) is 9.92. The van der Waals surface area contributed by atoms with E-state index in [1.54, 1.807) is 74.6 Å². The number of hydrogen-bond donors (Lipinski definition) is 2. The number of amides is 3. The van der Waals surface area contributed by atoms with E-state index in [2.05, 4.69) is 22.1 Å². The van der Waals surface area contributed by atoms with Gasteiger partial charge in [0.1, 0.15) is 5.60 Å². The van der Waals surface area contributed by atoms with E-state index in [-0.39, 0.29) is 11.8 Å². The van der Waals surface area contributed by atoms with E-state index in [9.17, 15) is 14.4 Å². The molecule has 35 heavy (non-hydrogen) atoms. The molecule has 8 heteroatoms. The van der Waals surface area contributed by atoms with Gasteiger partial charge in [0, 0.05) is 40.5 Å². The van der Waals surface area contributed by atoms with E-state index < -0.39 is 11.7 Å². The lowest BCUT2D eigenvalue weighted by Crippen LogP contribution is -2.35. The number of anilines is 2. The van der Waals surface area contributed by atoms with Gasteiger partial charge in [-0.2, -0.15) is 0 Å². The van der Waals surface area contributed by atoms with Crippen LogP contribution < -0.4 is 10.6 Å². The van der Waals surface area contributed by atoms with Gasteiger partial charge in [-0.05, 0) is 93.1 Å². The van der Waals surface area contributed by atoms with Crippen LogP contribution in [0.25, 0.3) is 0 Å². The molecule has 0 atom stereocenters. The Kier molecular flexibility index (Phi) is 6.93. The van der Waals surface area contributed by atoms with Crippen LogP contribution in [0.4, 0.5) is 16.2 Å². The summed E-state index contributed by atoms with van der Waals surface area (Å²) in [6.45, 7) is 8.50. The van der Waals surface area contributed by atoms with Gasteiger partial charge in [-0.25, -0.2) is 4.79 Å². The fourth-order valence-corrected chi connectivity index (χ4v) is 4.81. The molecular weight excluding hydrogens is 462 g/mol. The SMILES string of the molecule is Cc1c(NC(=O)c2ccc(NC(=O)OC(C)(C)C)cc2)cccc1C(=O)N1CCc2sccc2C1. The van der Waals surface area contributed by atoms with Crippen molar-refractivity contribution in [2.24, 2.45) is 0 Å². The molecule has 0 saturated heterocycles. The summed E-state index contributed by atoms with van der Waals surface area (Å²) in [5.74, 6) is -0.338. The predicted octanol–water partition coefficient (Wildman–Crippen LogP) is 5.85. The molecule has 0 spiro atoms. The lowest BCUT2D eigenvalue weighted by molar-refractivity contribution is 0.0635. The lowest BCUT2D eigenvalue weighted by Gasteiger charge is -2.28. The first-order valence-electron chi connectivity index (χ1n) is 11.5. The van der Waals surface area contributed by atoms with Gasteiger partial charge in [-0.1, -0.05) is 6.07 Å². The number of carbonyl (C=O) groups is 3. The number of ether oxygens (including phenoxy) is 1. The van der Waals surface area contributed by atoms with Crippen molar-refractivity contribution in [2.75, 3.05) is 17.2 Å². The van der Waals surface area contributed by atoms with Crippen LogP contribution in [0.5, 0.6) is 0 Å². The molecular formula is C27H29N3O4S. The normalized spacial score (nSPS) is 13.1. The highest BCUT2D eigenvalue weighted by Gasteiger charge is 2.24. The van der Waals surface area contributed by atoms with Crippen LogP contribution in [-0.2, 0) is 17.7 Å². The molecule has 1 aromatic heterocycles. The summed E-state index contributed by atoms with van der Waals surface area (Å²) in [6, 6.07) is 14.0. The lowest BCUT2D eigenvalue weighted by atomic mass is 10.0. The Labute approximate surface area is 209 Å². The van der Waals surface area contributed by atoms with E-state index in [1.165, 1.54) is 10.4 Å². The largest absolute Gasteiger partial charge is 0.444 e. The first kappa shape index (κ1) is 24.5. The van der Waals surface area contributed by atoms with Crippen molar-refractivity contribution in [3.63, 3.8) is 0 Å². The Morgan fingerprint density at radius 3 is 2.46 bits per heavy atom. The molecule has 4 rings (SSSR count). The molecule has 2 heterocycles. The topological polar surface area (TPSA) is 87.7 Å². The standard InChI is InChI=1S/C27H29N3O4S/c1-17-21(25(32)30-14-12-23-19(16-30)13-15-35-23)6-5-7-22(17)29-24(31)18-8-10-20(11-9-18)28-26(33)34-27(2,3)4/h5-11,13,15H,12,14,16H2,1-4H3,(H,28,33)(H,29,31). The average Bonchev–Trinajstić information content (AvgIpc) is 3.27. The summed E-state index contributed by atoms with van der Waals surface area (Å²) in [4.78, 5) is 41.2. The molecule has 0 radical (unpaired) electrons. The average molecular weight is 492 g/mol. The third-order valence-electron chi connectivity index (χ3n) is 5.70. The van der Waals surface area contributed by atoms with Crippen molar-refractivity contribution in [1.82, 2.24) is 4.90 Å². The Hall–Kier alpha value is -3.65. The van der Waals surface area contributed by atoms with Gasteiger partial charge in [0.05, 0.1) is 0 Å². The van der Waals surface area contributed by atoms with Crippen LogP contribution in [0, 0.1) is 6.92 Å². The zero-order chi connectivity index (χ0) is 25.2. The fourth-order valence-electron chi connectivity index (χ4n) is 3.92. The van der Waals surface area contributed by atoms with E-state index >= 15 is 0 Å². The number of thiophene rings is 1. The molecule has 7 nitrogen and oxygen atoms in total. The molecule has 3 aromatic rings. The molecule has 2 aromatic carbocycles. The fraction of sp³-hybridized carbons (Fsp3) is 0.296. The van der Waals surface area contributed by atoms with Gasteiger partial charge >= 0.3 is 6.09 Å². The summed E-state index contributed by atoms with van der Waals surface area (Å²) in [5.41, 5.74) is 3.46. The molecule has 182 valence electrons. The number of fused-ring (bicyclic) bond motifs is 1. The maximum Gasteiger partial charge on any atom is 0.412 e. The van der Waals surface area contributed by atoms with Crippen LogP contribution >= 0.6 is 11.3 Å². The predicted molar refractivity (Wildman–Crippen MR) is 138 cm³/mol. The molecule has 2 N–H and O–H groups in total. The van der Waals surface area contributed by atoms with Crippen molar-refractivity contribution in [1.29, 1.82) is 0 Å². The van der Waals surface area contributed by atoms with Crippen molar-refractivity contribution in [3.05, 3.63) is 81.0 Å². The molecule has 1 aliphatic rings. The summed E-state index contributed by atoms with van der Waals surface area (Å²) in [6.07, 6.45) is 0.309. The van der Waals surface area contributed by atoms with Crippen LogP contribution in [0.3, 0.4) is 0 Å². The van der Waals surface area contributed by atoms with Crippen molar-refractivity contribution in [3.8, 4) is 0 Å². The highest BCUT2D eigenvalue weighted by atomic mass is 32.1. The Bertz CT molecular complexity index is 1260. The van der Waals surface area contributed by atoms with Gasteiger partial charge < -0.3 is 15.0 Å². The smallest absolute Gasteiger partial charge is 0.412 e. The zero-order valence-electron chi connectivity index (χ0n) is 20.3. The van der Waals surface area contributed by atoms with Gasteiger partial charge in [-0.3, -0.25) is 14.9 Å². The van der Waals surface area contributed by atoms with E-state index in [0.29, 0.717) is 35.6 Å². The van der Waals surface area contributed by atoms with Crippen molar-refractivity contribution in [2.45, 2.75) is 46.3 Å². The number of hydrogen-bond acceptors (Lipinski definition) is 5. The van der Waals surface area contributed by atoms with Crippen LogP contribution in [0.1, 0.15) is 57.5 Å². The third kappa shape index (κ3) is 5.89. The van der Waals surface area contributed by atoms with Crippen LogP contribution in [-0.4, -0.2) is 35.0 Å². The number of benzene rings is 2. The quantitative estimate of drug-likeness (QED) is 0.479. The number of rotatable bonds is 4. The Morgan fingerprint density at radius 1 is 1.00 bits per heavy atom. The summed E-state index contributed by atoms with van der Waals surface area (Å²) >= 11 is 1.74. The van der Waals surface area contributed by atoms with Gasteiger partial charge in [0.2, 0.25) is 0 Å². The second-order valence-corrected chi connectivity index (χ2v) is 10.5. The molecule has 3 amide bonds. The maximum atomic E-state index is 13.2. The highest BCUT2D eigenvalue weighted by molar-refractivity contribution is 7.10. The Balaban J connectivity index is 1.42. The first-order valence-corrected chi connectivity index (χ1v) is 12.3. The van der Waals surface area contributed by atoms with E-state index in [4.69, 9.17) is 4.74 Å². The maximum absolute atomic E-state index is 13.2. The first-order chi connectivity index (χ1) is 16.6. The van der Waals surface area contributed by atoms with Gasteiger partial charge in [-0.15, -0.1) is 11.3 Å².